The van der Waals surface area contributed by atoms with Crippen LogP contribution >= 0.6 is 15.9 Å². The Morgan fingerprint density at radius 2 is 2.11 bits per heavy atom. The van der Waals surface area contributed by atoms with Gasteiger partial charge in [0.15, 0.2) is 0 Å². The first-order valence-electron chi connectivity index (χ1n) is 6.86. The molecule has 0 bridgehead atoms. The van der Waals surface area contributed by atoms with Crippen molar-refractivity contribution in [3.8, 4) is 5.75 Å². The molecule has 0 aromatic heterocycles. The monoisotopic (exact) mass is 310 g/mol. The highest BCUT2D eigenvalue weighted by molar-refractivity contribution is 9.10. The zero-order chi connectivity index (χ0) is 12.5. The quantitative estimate of drug-likeness (QED) is 0.906. The Morgan fingerprint density at radius 1 is 1.28 bits per heavy atom. The second-order valence-electron chi connectivity index (χ2n) is 5.47. The number of aliphatic hydroxyl groups excluding tert-OH is 1. The summed E-state index contributed by atoms with van der Waals surface area (Å²) in [6, 6.07) is 4.31. The van der Waals surface area contributed by atoms with Gasteiger partial charge in [-0.25, -0.2) is 0 Å². The van der Waals surface area contributed by atoms with Gasteiger partial charge in [-0.05, 0) is 48.4 Å². The molecule has 2 unspecified atom stereocenters. The molecule has 1 saturated carbocycles. The number of halogens is 1. The van der Waals surface area contributed by atoms with E-state index in [0.29, 0.717) is 5.92 Å². The van der Waals surface area contributed by atoms with Gasteiger partial charge in [0, 0.05) is 10.9 Å². The van der Waals surface area contributed by atoms with Gasteiger partial charge in [-0.3, -0.25) is 0 Å². The number of hydrogen-bond acceptors (Lipinski definition) is 2. The van der Waals surface area contributed by atoms with E-state index in [1.165, 1.54) is 24.0 Å². The largest absolute Gasteiger partial charge is 0.493 e. The first-order valence-corrected chi connectivity index (χ1v) is 7.65. The SMILES string of the molecule is OC1CCCCC1Cc1cc(Br)cc2c1OCC2. The molecule has 1 fully saturated rings. The average Bonchev–Trinajstić information content (AvgIpc) is 2.80. The highest BCUT2D eigenvalue weighted by atomic mass is 79.9. The van der Waals surface area contributed by atoms with E-state index in [2.05, 4.69) is 28.1 Å². The molecular weight excluding hydrogens is 292 g/mol. The Labute approximate surface area is 116 Å². The molecule has 0 saturated heterocycles. The van der Waals surface area contributed by atoms with Gasteiger partial charge in [-0.2, -0.15) is 0 Å². The first-order chi connectivity index (χ1) is 8.74. The molecule has 1 aliphatic carbocycles. The molecule has 3 heteroatoms. The normalized spacial score (nSPS) is 26.8. The molecule has 1 N–H and O–H groups in total. The van der Waals surface area contributed by atoms with E-state index in [1.807, 2.05) is 0 Å². The maximum atomic E-state index is 10.1. The summed E-state index contributed by atoms with van der Waals surface area (Å²) >= 11 is 3.58. The molecule has 1 aliphatic heterocycles. The van der Waals surface area contributed by atoms with Crippen molar-refractivity contribution in [2.24, 2.45) is 5.92 Å². The standard InChI is InChI=1S/C15H19BrO2/c16-13-8-11-5-6-18-15(11)12(9-13)7-10-3-1-2-4-14(10)17/h8-10,14,17H,1-7H2. The van der Waals surface area contributed by atoms with E-state index >= 15 is 0 Å². The number of ether oxygens (including phenoxy) is 1. The van der Waals surface area contributed by atoms with Crippen molar-refractivity contribution in [3.05, 3.63) is 27.7 Å². The van der Waals surface area contributed by atoms with Crippen molar-refractivity contribution in [2.45, 2.75) is 44.6 Å². The summed E-state index contributed by atoms with van der Waals surface area (Å²) in [6.45, 7) is 0.798. The highest BCUT2D eigenvalue weighted by Crippen LogP contribution is 2.36. The van der Waals surface area contributed by atoms with Crippen LogP contribution in [0.4, 0.5) is 0 Å². The van der Waals surface area contributed by atoms with Crippen LogP contribution in [-0.4, -0.2) is 17.8 Å². The lowest BCUT2D eigenvalue weighted by atomic mass is 9.82. The summed E-state index contributed by atoms with van der Waals surface area (Å²) in [5, 5.41) is 10.1. The van der Waals surface area contributed by atoms with E-state index in [1.54, 1.807) is 0 Å². The number of fused-ring (bicyclic) bond motifs is 1. The predicted octanol–water partition coefficient (Wildman–Crippen LogP) is 3.48. The molecule has 1 aromatic rings. The fourth-order valence-corrected chi connectivity index (χ4v) is 3.76. The summed E-state index contributed by atoms with van der Waals surface area (Å²) in [4.78, 5) is 0. The van der Waals surface area contributed by atoms with E-state index < -0.39 is 0 Å². The smallest absolute Gasteiger partial charge is 0.125 e. The van der Waals surface area contributed by atoms with Gasteiger partial charge < -0.3 is 9.84 Å². The maximum Gasteiger partial charge on any atom is 0.125 e. The molecule has 0 spiro atoms. The van der Waals surface area contributed by atoms with Crippen LogP contribution in [0.3, 0.4) is 0 Å². The Hall–Kier alpha value is -0.540. The fourth-order valence-electron chi connectivity index (χ4n) is 3.21. The average molecular weight is 311 g/mol. The summed E-state index contributed by atoms with van der Waals surface area (Å²) in [5.74, 6) is 1.48. The van der Waals surface area contributed by atoms with Crippen LogP contribution < -0.4 is 4.74 Å². The van der Waals surface area contributed by atoms with Crippen LogP contribution in [0.2, 0.25) is 0 Å². The van der Waals surface area contributed by atoms with Crippen LogP contribution in [0, 0.1) is 5.92 Å². The number of hydrogen-bond donors (Lipinski definition) is 1. The van der Waals surface area contributed by atoms with Crippen molar-refractivity contribution in [3.63, 3.8) is 0 Å². The number of rotatable bonds is 2. The molecular formula is C15H19BrO2. The molecule has 2 atom stereocenters. The molecule has 0 radical (unpaired) electrons. The van der Waals surface area contributed by atoms with Crippen molar-refractivity contribution < 1.29 is 9.84 Å². The minimum absolute atomic E-state index is 0.130. The second kappa shape index (κ2) is 5.22. The van der Waals surface area contributed by atoms with Crippen molar-refractivity contribution in [2.75, 3.05) is 6.61 Å². The van der Waals surface area contributed by atoms with Crippen molar-refractivity contribution in [1.82, 2.24) is 0 Å². The van der Waals surface area contributed by atoms with Gasteiger partial charge in [-0.15, -0.1) is 0 Å². The zero-order valence-electron chi connectivity index (χ0n) is 10.5. The Kier molecular flexibility index (Phi) is 3.62. The lowest BCUT2D eigenvalue weighted by Crippen LogP contribution is -2.26. The van der Waals surface area contributed by atoms with Gasteiger partial charge in [-0.1, -0.05) is 28.8 Å². The van der Waals surface area contributed by atoms with Crippen LogP contribution in [0.25, 0.3) is 0 Å². The number of aliphatic hydroxyl groups is 1. The molecule has 18 heavy (non-hydrogen) atoms. The van der Waals surface area contributed by atoms with E-state index in [0.717, 1.165) is 42.5 Å². The van der Waals surface area contributed by atoms with E-state index in [-0.39, 0.29) is 6.10 Å². The third-order valence-electron chi connectivity index (χ3n) is 4.18. The molecule has 1 aromatic carbocycles. The van der Waals surface area contributed by atoms with Crippen molar-refractivity contribution in [1.29, 1.82) is 0 Å². The topological polar surface area (TPSA) is 29.5 Å². The molecule has 2 nitrogen and oxygen atoms in total. The highest BCUT2D eigenvalue weighted by Gasteiger charge is 2.26. The van der Waals surface area contributed by atoms with Crippen LogP contribution in [0.1, 0.15) is 36.8 Å². The summed E-state index contributed by atoms with van der Waals surface area (Å²) < 4.78 is 6.89. The Bertz CT molecular complexity index is 444. The Morgan fingerprint density at radius 3 is 2.94 bits per heavy atom. The molecule has 98 valence electrons. The lowest BCUT2D eigenvalue weighted by molar-refractivity contribution is 0.0697. The molecule has 1 heterocycles. The number of benzene rings is 1. The zero-order valence-corrected chi connectivity index (χ0v) is 12.1. The summed E-state index contributed by atoms with van der Waals surface area (Å²) in [6.07, 6.45) is 6.35. The van der Waals surface area contributed by atoms with E-state index in [4.69, 9.17) is 4.74 Å². The van der Waals surface area contributed by atoms with Crippen LogP contribution in [0.15, 0.2) is 16.6 Å². The summed E-state index contributed by atoms with van der Waals surface area (Å²) in [7, 11) is 0. The molecule has 3 rings (SSSR count). The summed E-state index contributed by atoms with van der Waals surface area (Å²) in [5.41, 5.74) is 2.58. The van der Waals surface area contributed by atoms with Crippen molar-refractivity contribution >= 4 is 15.9 Å². The predicted molar refractivity (Wildman–Crippen MR) is 75.0 cm³/mol. The van der Waals surface area contributed by atoms with Gasteiger partial charge in [0.2, 0.25) is 0 Å². The first kappa shape index (κ1) is 12.5. The van der Waals surface area contributed by atoms with Gasteiger partial charge in [0.25, 0.3) is 0 Å². The van der Waals surface area contributed by atoms with Gasteiger partial charge in [0.1, 0.15) is 5.75 Å². The minimum Gasteiger partial charge on any atom is -0.493 e. The third kappa shape index (κ3) is 2.43. The minimum atomic E-state index is -0.130. The van der Waals surface area contributed by atoms with Crippen LogP contribution in [0.5, 0.6) is 5.75 Å². The van der Waals surface area contributed by atoms with Crippen LogP contribution in [-0.2, 0) is 12.8 Å². The Balaban J connectivity index is 1.84. The molecule has 2 aliphatic rings. The van der Waals surface area contributed by atoms with E-state index in [9.17, 15) is 5.11 Å². The lowest BCUT2D eigenvalue weighted by Gasteiger charge is -2.28. The third-order valence-corrected chi connectivity index (χ3v) is 4.63. The second-order valence-corrected chi connectivity index (χ2v) is 6.38. The maximum absolute atomic E-state index is 10.1. The fraction of sp³-hybridized carbons (Fsp3) is 0.600. The van der Waals surface area contributed by atoms with Gasteiger partial charge in [0.05, 0.1) is 12.7 Å². The molecule has 0 amide bonds. The van der Waals surface area contributed by atoms with Gasteiger partial charge >= 0.3 is 0 Å².